The molecule has 1 amide bonds. The molecular weight excluding hydrogens is 495 g/mol. The third kappa shape index (κ3) is 4.09. The van der Waals surface area contributed by atoms with Crippen molar-refractivity contribution in [3.05, 3.63) is 71.7 Å². The maximum absolute atomic E-state index is 15.1. The fourth-order valence-electron chi connectivity index (χ4n) is 4.66. The number of halogens is 1. The minimum atomic E-state index is -1.10. The molecule has 0 fully saturated rings. The Bertz CT molecular complexity index is 1670. The summed E-state index contributed by atoms with van der Waals surface area (Å²) >= 11 is 1.43. The van der Waals surface area contributed by atoms with Crippen molar-refractivity contribution >= 4 is 44.4 Å². The summed E-state index contributed by atoms with van der Waals surface area (Å²) in [4.78, 5) is 26.9. The zero-order chi connectivity index (χ0) is 25.7. The lowest BCUT2D eigenvalue weighted by molar-refractivity contribution is 0.190. The van der Waals surface area contributed by atoms with E-state index in [0.717, 1.165) is 15.8 Å². The molecule has 1 aliphatic rings. The summed E-state index contributed by atoms with van der Waals surface area (Å²) in [5.41, 5.74) is 4.90. The Balaban J connectivity index is 1.38. The second kappa shape index (κ2) is 8.97. The maximum Gasteiger partial charge on any atom is 0.411 e. The van der Waals surface area contributed by atoms with Crippen LogP contribution < -0.4 is 14.4 Å². The predicted molar refractivity (Wildman–Crippen MR) is 139 cm³/mol. The minimum absolute atomic E-state index is 0.0700. The second-order valence-corrected chi connectivity index (χ2v) is 9.80. The molecule has 3 heterocycles. The van der Waals surface area contributed by atoms with Gasteiger partial charge in [-0.3, -0.25) is 4.90 Å². The number of amides is 1. The van der Waals surface area contributed by atoms with Crippen LogP contribution >= 0.6 is 11.3 Å². The van der Waals surface area contributed by atoms with E-state index in [9.17, 15) is 9.90 Å². The highest BCUT2D eigenvalue weighted by Gasteiger charge is 2.32. The van der Waals surface area contributed by atoms with Gasteiger partial charge in [-0.2, -0.15) is 0 Å². The number of thiazole rings is 1. The van der Waals surface area contributed by atoms with Crippen molar-refractivity contribution in [1.82, 2.24) is 15.0 Å². The number of aryl methyl sites for hydroxylation is 1. The van der Waals surface area contributed by atoms with E-state index in [2.05, 4.69) is 9.97 Å². The van der Waals surface area contributed by atoms with Crippen LogP contribution in [0, 0.1) is 12.7 Å². The van der Waals surface area contributed by atoms with E-state index in [-0.39, 0.29) is 12.3 Å². The standard InChI is InChI=1S/C27H21FN4O4S/c1-14-8-17(23-20(9-14)30-22(35-2)12-29-23)26-31-21-11-19(28)24-18(25(21)37-26)10-16(36-24)13-32(27(33)34)15-6-4-3-5-7-15/h3-9,11-12,16H,10,13H2,1-2H3,(H,33,34). The first-order valence-corrected chi connectivity index (χ1v) is 12.4. The predicted octanol–water partition coefficient (Wildman–Crippen LogP) is 5.85. The van der Waals surface area contributed by atoms with Crippen molar-refractivity contribution < 1.29 is 23.8 Å². The van der Waals surface area contributed by atoms with Crippen molar-refractivity contribution in [2.75, 3.05) is 18.6 Å². The molecule has 0 radical (unpaired) electrons. The number of rotatable bonds is 5. The number of nitrogens with zero attached hydrogens (tertiary/aromatic N) is 4. The molecule has 1 unspecified atom stereocenters. The lowest BCUT2D eigenvalue weighted by atomic mass is 10.1. The maximum atomic E-state index is 15.1. The lowest BCUT2D eigenvalue weighted by Crippen LogP contribution is -2.38. The Kier molecular flexibility index (Phi) is 5.60. The first-order chi connectivity index (χ1) is 17.9. The van der Waals surface area contributed by atoms with E-state index in [0.29, 0.717) is 45.1 Å². The van der Waals surface area contributed by atoms with E-state index < -0.39 is 18.0 Å². The smallest absolute Gasteiger partial charge is 0.411 e. The van der Waals surface area contributed by atoms with Crippen LogP contribution in [0.2, 0.25) is 0 Å². The molecule has 5 aromatic rings. The van der Waals surface area contributed by atoms with Gasteiger partial charge in [0.25, 0.3) is 0 Å². The molecule has 37 heavy (non-hydrogen) atoms. The molecule has 6 rings (SSSR count). The van der Waals surface area contributed by atoms with Gasteiger partial charge in [0, 0.05) is 29.3 Å². The van der Waals surface area contributed by atoms with Gasteiger partial charge < -0.3 is 14.6 Å². The molecule has 186 valence electrons. The van der Waals surface area contributed by atoms with Crippen LogP contribution in [-0.2, 0) is 6.42 Å². The first-order valence-electron chi connectivity index (χ1n) is 11.6. The fraction of sp³-hybridized carbons (Fsp3) is 0.185. The number of aromatic nitrogens is 3. The highest BCUT2D eigenvalue weighted by molar-refractivity contribution is 7.22. The van der Waals surface area contributed by atoms with Crippen LogP contribution in [0.25, 0.3) is 31.8 Å². The summed E-state index contributed by atoms with van der Waals surface area (Å²) in [7, 11) is 1.54. The Hall–Kier alpha value is -4.31. The van der Waals surface area contributed by atoms with Gasteiger partial charge in [0.1, 0.15) is 11.1 Å². The number of benzene rings is 3. The molecule has 1 aliphatic heterocycles. The van der Waals surface area contributed by atoms with Gasteiger partial charge in [-0.1, -0.05) is 18.2 Å². The topological polar surface area (TPSA) is 97.7 Å². The molecule has 3 aromatic carbocycles. The third-order valence-corrected chi connectivity index (χ3v) is 7.46. The van der Waals surface area contributed by atoms with E-state index in [1.807, 2.05) is 25.1 Å². The summed E-state index contributed by atoms with van der Waals surface area (Å²) in [6, 6.07) is 14.1. The molecule has 10 heteroatoms. The van der Waals surface area contributed by atoms with Crippen LogP contribution in [0.5, 0.6) is 11.6 Å². The number of anilines is 1. The lowest BCUT2D eigenvalue weighted by Gasteiger charge is -2.22. The number of ether oxygens (including phenoxy) is 2. The van der Waals surface area contributed by atoms with Crippen molar-refractivity contribution in [1.29, 1.82) is 0 Å². The van der Waals surface area contributed by atoms with Gasteiger partial charge in [0.2, 0.25) is 5.88 Å². The molecule has 0 saturated heterocycles. The Morgan fingerprint density at radius 2 is 2.03 bits per heavy atom. The Labute approximate surface area is 215 Å². The monoisotopic (exact) mass is 516 g/mol. The Morgan fingerprint density at radius 3 is 2.78 bits per heavy atom. The molecular formula is C27H21FN4O4S. The molecule has 8 nitrogen and oxygen atoms in total. The molecule has 0 saturated carbocycles. The van der Waals surface area contributed by atoms with E-state index in [1.165, 1.54) is 22.3 Å². The van der Waals surface area contributed by atoms with Gasteiger partial charge in [-0.05, 0) is 36.8 Å². The first kappa shape index (κ1) is 23.1. The van der Waals surface area contributed by atoms with Gasteiger partial charge in [0.15, 0.2) is 11.6 Å². The number of carbonyl (C=O) groups is 1. The van der Waals surface area contributed by atoms with Crippen LogP contribution in [0.3, 0.4) is 0 Å². The summed E-state index contributed by atoms with van der Waals surface area (Å²) in [5, 5.41) is 10.5. The highest BCUT2D eigenvalue weighted by atomic mass is 32.1. The zero-order valence-electron chi connectivity index (χ0n) is 19.9. The molecule has 0 aliphatic carbocycles. The minimum Gasteiger partial charge on any atom is -0.485 e. The van der Waals surface area contributed by atoms with E-state index in [4.69, 9.17) is 14.5 Å². The van der Waals surface area contributed by atoms with Crippen molar-refractivity contribution in [2.24, 2.45) is 0 Å². The number of fused-ring (bicyclic) bond motifs is 4. The number of hydrogen-bond acceptors (Lipinski definition) is 7. The molecule has 1 atom stereocenters. The van der Waals surface area contributed by atoms with E-state index >= 15 is 4.39 Å². The molecule has 2 aromatic heterocycles. The number of para-hydroxylation sites is 1. The average Bonchev–Trinajstić information content (AvgIpc) is 3.51. The molecule has 0 bridgehead atoms. The van der Waals surface area contributed by atoms with Gasteiger partial charge in [0.05, 0.1) is 41.1 Å². The summed E-state index contributed by atoms with van der Waals surface area (Å²) in [6.45, 7) is 2.04. The highest BCUT2D eigenvalue weighted by Crippen LogP contribution is 2.43. The van der Waals surface area contributed by atoms with Crippen molar-refractivity contribution in [2.45, 2.75) is 19.4 Å². The van der Waals surface area contributed by atoms with Gasteiger partial charge in [-0.25, -0.2) is 24.1 Å². The second-order valence-electron chi connectivity index (χ2n) is 8.80. The summed E-state index contributed by atoms with van der Waals surface area (Å²) in [5.74, 6) is 0.0640. The van der Waals surface area contributed by atoms with Crippen LogP contribution in [-0.4, -0.2) is 45.9 Å². The van der Waals surface area contributed by atoms with Crippen LogP contribution in [0.1, 0.15) is 11.1 Å². The van der Waals surface area contributed by atoms with Crippen molar-refractivity contribution in [3.63, 3.8) is 0 Å². The number of methoxy groups -OCH3 is 1. The third-order valence-electron chi connectivity index (χ3n) is 6.29. The average molecular weight is 517 g/mol. The SMILES string of the molecule is COc1cnc2c(-c3nc4cc(F)c5c(c4s3)CC(CN(C(=O)O)c3ccccc3)O5)cc(C)cc2n1. The normalized spacial score (nSPS) is 14.5. The molecule has 1 N–H and O–H groups in total. The zero-order valence-corrected chi connectivity index (χ0v) is 20.8. The fourth-order valence-corrected chi connectivity index (χ4v) is 5.77. The summed E-state index contributed by atoms with van der Waals surface area (Å²) < 4.78 is 27.1. The molecule has 0 spiro atoms. The van der Waals surface area contributed by atoms with Crippen molar-refractivity contribution in [3.8, 4) is 22.2 Å². The van der Waals surface area contributed by atoms with Crippen LogP contribution in [0.4, 0.5) is 14.9 Å². The van der Waals surface area contributed by atoms with Gasteiger partial charge in [-0.15, -0.1) is 11.3 Å². The summed E-state index contributed by atoms with van der Waals surface area (Å²) in [6.07, 6.45) is 0.300. The Morgan fingerprint density at radius 1 is 1.22 bits per heavy atom. The quantitative estimate of drug-likeness (QED) is 0.313. The number of hydrogen-bond donors (Lipinski definition) is 1. The van der Waals surface area contributed by atoms with E-state index in [1.54, 1.807) is 37.6 Å². The largest absolute Gasteiger partial charge is 0.485 e. The van der Waals surface area contributed by atoms with Gasteiger partial charge >= 0.3 is 6.09 Å². The number of carboxylic acid groups (broad SMARTS) is 1. The van der Waals surface area contributed by atoms with Crippen LogP contribution in [0.15, 0.2) is 54.7 Å².